The van der Waals surface area contributed by atoms with Crippen molar-refractivity contribution in [3.63, 3.8) is 0 Å². The number of sulfonamides is 1. The largest absolute Gasteiger partial charge is 0.396 e. The Morgan fingerprint density at radius 3 is 2.70 bits per heavy atom. The van der Waals surface area contributed by atoms with Crippen molar-refractivity contribution >= 4 is 10.0 Å². The van der Waals surface area contributed by atoms with E-state index in [2.05, 4.69) is 9.71 Å². The Hall–Kier alpha value is -0.980. The molecule has 2 rings (SSSR count). The van der Waals surface area contributed by atoms with E-state index in [0.717, 1.165) is 25.7 Å². The normalized spacial score (nSPS) is 18.9. The van der Waals surface area contributed by atoms with Crippen LogP contribution in [0.5, 0.6) is 0 Å². The summed E-state index contributed by atoms with van der Waals surface area (Å²) in [7, 11) is -3.55. The molecule has 0 aromatic carbocycles. The van der Waals surface area contributed by atoms with E-state index in [4.69, 9.17) is 0 Å². The van der Waals surface area contributed by atoms with E-state index in [1.54, 1.807) is 12.3 Å². The maximum atomic E-state index is 12.3. The van der Waals surface area contributed by atoms with Crippen molar-refractivity contribution in [3.8, 4) is 0 Å². The van der Waals surface area contributed by atoms with Crippen LogP contribution in [-0.4, -0.2) is 31.2 Å². The highest BCUT2D eigenvalue weighted by Gasteiger charge is 2.27. The first-order chi connectivity index (χ1) is 9.63. The van der Waals surface area contributed by atoms with Crippen molar-refractivity contribution in [2.75, 3.05) is 6.61 Å². The predicted octanol–water partition coefficient (Wildman–Crippen LogP) is 1.69. The van der Waals surface area contributed by atoms with Gasteiger partial charge in [0.05, 0.1) is 0 Å². The zero-order valence-corrected chi connectivity index (χ0v) is 12.3. The monoisotopic (exact) mass is 298 g/mol. The van der Waals surface area contributed by atoms with Gasteiger partial charge in [-0.05, 0) is 37.3 Å². The van der Waals surface area contributed by atoms with E-state index in [-0.39, 0.29) is 17.5 Å². The number of pyridine rings is 1. The average molecular weight is 298 g/mol. The number of nitrogens with one attached hydrogen (secondary N) is 1. The molecule has 0 aliphatic heterocycles. The molecule has 112 valence electrons. The lowest BCUT2D eigenvalue weighted by Gasteiger charge is -2.30. The molecule has 1 aromatic heterocycles. The number of nitrogens with zero attached hydrogens (tertiary/aromatic N) is 1. The molecule has 0 bridgehead atoms. The summed E-state index contributed by atoms with van der Waals surface area (Å²) in [5.74, 6) is 0.322. The fourth-order valence-corrected chi connectivity index (χ4v) is 4.14. The number of hydrogen-bond acceptors (Lipinski definition) is 4. The summed E-state index contributed by atoms with van der Waals surface area (Å²) in [6.07, 6.45) is 8.91. The molecule has 1 aromatic rings. The zero-order valence-electron chi connectivity index (χ0n) is 11.5. The van der Waals surface area contributed by atoms with E-state index in [9.17, 15) is 13.5 Å². The predicted molar refractivity (Wildman–Crippen MR) is 76.6 cm³/mol. The minimum absolute atomic E-state index is 0.00325. The number of hydrogen-bond donors (Lipinski definition) is 2. The van der Waals surface area contributed by atoms with Crippen LogP contribution in [0.25, 0.3) is 0 Å². The quantitative estimate of drug-likeness (QED) is 0.837. The zero-order chi connectivity index (χ0) is 14.4. The van der Waals surface area contributed by atoms with E-state index < -0.39 is 10.0 Å². The van der Waals surface area contributed by atoms with Gasteiger partial charge in [0.1, 0.15) is 4.90 Å². The van der Waals surface area contributed by atoms with Gasteiger partial charge in [-0.15, -0.1) is 0 Å². The van der Waals surface area contributed by atoms with Crippen LogP contribution in [0, 0.1) is 5.92 Å². The van der Waals surface area contributed by atoms with Gasteiger partial charge in [0.2, 0.25) is 10.0 Å². The summed E-state index contributed by atoms with van der Waals surface area (Å²) in [5.41, 5.74) is 0. The molecule has 1 fully saturated rings. The van der Waals surface area contributed by atoms with Crippen molar-refractivity contribution in [1.82, 2.24) is 9.71 Å². The van der Waals surface area contributed by atoms with Gasteiger partial charge >= 0.3 is 0 Å². The number of aromatic nitrogens is 1. The second-order valence-electron chi connectivity index (χ2n) is 5.33. The Bertz CT molecular complexity index is 498. The Balaban J connectivity index is 2.10. The third kappa shape index (κ3) is 4.01. The molecular weight excluding hydrogens is 276 g/mol. The molecular formula is C14H22N2O3S. The maximum absolute atomic E-state index is 12.3. The maximum Gasteiger partial charge on any atom is 0.242 e. The number of aliphatic hydroxyl groups excluding tert-OH is 1. The highest BCUT2D eigenvalue weighted by molar-refractivity contribution is 7.89. The number of aliphatic hydroxyl groups is 1. The van der Waals surface area contributed by atoms with E-state index >= 15 is 0 Å². The van der Waals surface area contributed by atoms with E-state index in [1.165, 1.54) is 18.7 Å². The molecule has 0 saturated heterocycles. The molecule has 0 amide bonds. The molecule has 2 N–H and O–H groups in total. The number of rotatable bonds is 6. The summed E-state index contributed by atoms with van der Waals surface area (Å²) in [4.78, 5) is 4.03. The Kier molecular flexibility index (Phi) is 5.51. The highest BCUT2D eigenvalue weighted by Crippen LogP contribution is 2.28. The van der Waals surface area contributed by atoms with Gasteiger partial charge in [0, 0.05) is 25.0 Å². The fourth-order valence-electron chi connectivity index (χ4n) is 2.84. The van der Waals surface area contributed by atoms with Gasteiger partial charge in [-0.2, -0.15) is 0 Å². The van der Waals surface area contributed by atoms with Gasteiger partial charge in [-0.25, -0.2) is 13.1 Å². The molecule has 0 spiro atoms. The van der Waals surface area contributed by atoms with Gasteiger partial charge in [0.25, 0.3) is 0 Å². The smallest absolute Gasteiger partial charge is 0.242 e. The van der Waals surface area contributed by atoms with Crippen LogP contribution in [0.4, 0.5) is 0 Å². The van der Waals surface area contributed by atoms with Crippen molar-refractivity contribution < 1.29 is 13.5 Å². The van der Waals surface area contributed by atoms with Gasteiger partial charge in [-0.1, -0.05) is 19.3 Å². The fraction of sp³-hybridized carbons (Fsp3) is 0.643. The van der Waals surface area contributed by atoms with Crippen molar-refractivity contribution in [2.45, 2.75) is 49.5 Å². The Labute approximate surface area is 120 Å². The lowest BCUT2D eigenvalue weighted by Crippen LogP contribution is -2.41. The van der Waals surface area contributed by atoms with Crippen molar-refractivity contribution in [3.05, 3.63) is 24.5 Å². The van der Waals surface area contributed by atoms with Gasteiger partial charge < -0.3 is 5.11 Å². The van der Waals surface area contributed by atoms with E-state index in [0.29, 0.717) is 12.3 Å². The summed E-state index contributed by atoms with van der Waals surface area (Å²) in [6.45, 7) is -0.00325. The molecule has 1 aliphatic carbocycles. The van der Waals surface area contributed by atoms with E-state index in [1.807, 2.05) is 0 Å². The third-order valence-electron chi connectivity index (χ3n) is 3.91. The van der Waals surface area contributed by atoms with Crippen LogP contribution in [0.2, 0.25) is 0 Å². The second kappa shape index (κ2) is 7.15. The lowest BCUT2D eigenvalue weighted by atomic mass is 9.83. The Morgan fingerprint density at radius 1 is 1.35 bits per heavy atom. The minimum atomic E-state index is -3.55. The average Bonchev–Trinajstić information content (AvgIpc) is 2.48. The molecule has 1 unspecified atom stereocenters. The Morgan fingerprint density at radius 2 is 2.10 bits per heavy atom. The molecule has 0 radical (unpaired) electrons. The summed E-state index contributed by atoms with van der Waals surface area (Å²) in [5, 5.41) is 9.19. The molecule has 5 nitrogen and oxygen atoms in total. The summed E-state index contributed by atoms with van der Waals surface area (Å²) in [6, 6.07) is 2.95. The van der Waals surface area contributed by atoms with Crippen LogP contribution < -0.4 is 4.72 Å². The molecule has 1 atom stereocenters. The third-order valence-corrected chi connectivity index (χ3v) is 5.39. The summed E-state index contributed by atoms with van der Waals surface area (Å²) < 4.78 is 27.4. The van der Waals surface area contributed by atoms with Crippen molar-refractivity contribution in [1.29, 1.82) is 0 Å². The topological polar surface area (TPSA) is 79.3 Å². The first kappa shape index (κ1) is 15.4. The van der Waals surface area contributed by atoms with Crippen LogP contribution in [-0.2, 0) is 10.0 Å². The lowest BCUT2D eigenvalue weighted by molar-refractivity contribution is 0.221. The standard InChI is InChI=1S/C14H22N2O3S/c17-10-8-14(12-5-2-1-3-6-12)16-20(18,19)13-7-4-9-15-11-13/h4,7,9,11-12,14,16-17H,1-3,5-6,8,10H2. The van der Waals surface area contributed by atoms with Crippen LogP contribution in [0.15, 0.2) is 29.4 Å². The summed E-state index contributed by atoms with van der Waals surface area (Å²) >= 11 is 0. The second-order valence-corrected chi connectivity index (χ2v) is 7.04. The van der Waals surface area contributed by atoms with Crippen LogP contribution in [0.1, 0.15) is 38.5 Å². The van der Waals surface area contributed by atoms with Gasteiger partial charge in [0.15, 0.2) is 0 Å². The highest BCUT2D eigenvalue weighted by atomic mass is 32.2. The van der Waals surface area contributed by atoms with Gasteiger partial charge in [-0.3, -0.25) is 4.98 Å². The molecule has 20 heavy (non-hydrogen) atoms. The molecule has 1 aliphatic rings. The first-order valence-corrected chi connectivity index (χ1v) is 8.65. The minimum Gasteiger partial charge on any atom is -0.396 e. The molecule has 1 saturated carbocycles. The van der Waals surface area contributed by atoms with Crippen LogP contribution >= 0.6 is 0 Å². The SMILES string of the molecule is O=S(=O)(NC(CCO)C1CCCCC1)c1cccnc1. The van der Waals surface area contributed by atoms with Crippen LogP contribution in [0.3, 0.4) is 0 Å². The molecule has 6 heteroatoms. The molecule has 1 heterocycles. The first-order valence-electron chi connectivity index (χ1n) is 7.16. The van der Waals surface area contributed by atoms with Crippen molar-refractivity contribution in [2.24, 2.45) is 5.92 Å².